The van der Waals surface area contributed by atoms with Gasteiger partial charge >= 0.3 is 20.2 Å². The number of hydrogen-bond acceptors (Lipinski definition) is 4. The van der Waals surface area contributed by atoms with E-state index in [1.807, 2.05) is 0 Å². The molecule has 1 fully saturated rings. The number of rotatable bonds is 3. The number of hydrogen-bond donors (Lipinski definition) is 0. The molecule has 1 aliphatic heterocycles. The van der Waals surface area contributed by atoms with E-state index in [1.54, 1.807) is 0 Å². The van der Waals surface area contributed by atoms with Gasteiger partial charge in [-0.2, -0.15) is 9.13 Å². The van der Waals surface area contributed by atoms with Crippen LogP contribution in [0.4, 0.5) is 0 Å². The minimum atomic E-state index is -4.60. The molecule has 9 nitrogen and oxygen atoms in total. The molecule has 100 valence electrons. The average Bonchev–Trinajstić information content (AvgIpc) is 2.36. The van der Waals surface area contributed by atoms with Gasteiger partial charge in [-0.3, -0.25) is 0 Å². The minimum Gasteiger partial charge on any atom is -0.349 e. The Bertz CT molecular complexity index is 366. The minimum absolute atomic E-state index is 0.0208. The first-order valence-electron chi connectivity index (χ1n) is 4.98. The molecular formula is C6H18N2O7P2+4. The van der Waals surface area contributed by atoms with Gasteiger partial charge < -0.3 is 19.6 Å². The third-order valence-corrected chi connectivity index (χ3v) is 7.52. The lowest BCUT2D eigenvalue weighted by Crippen LogP contribution is -2.44. The third-order valence-electron chi connectivity index (χ3n) is 2.90. The van der Waals surface area contributed by atoms with Crippen LogP contribution in [0.1, 0.15) is 25.7 Å². The van der Waals surface area contributed by atoms with E-state index in [0.717, 1.165) is 0 Å². The Hall–Kier alpha value is -0.300. The summed E-state index contributed by atoms with van der Waals surface area (Å²) in [7, 11) is -9.20. The summed E-state index contributed by atoms with van der Waals surface area (Å²) in [4.78, 5) is 40.0. The van der Waals surface area contributed by atoms with Crippen LogP contribution in [0.2, 0.25) is 0 Å². The maximum Gasteiger partial charge on any atom is 0.664 e. The molecule has 1 heterocycles. The van der Waals surface area contributed by atoms with E-state index in [2.05, 4.69) is 5.29 Å². The molecule has 17 heavy (non-hydrogen) atoms. The fourth-order valence-electron chi connectivity index (χ4n) is 2.05. The van der Waals surface area contributed by atoms with Crippen molar-refractivity contribution in [1.29, 1.82) is 0 Å². The molecule has 1 rings (SSSR count). The third kappa shape index (κ3) is 2.45. The number of nitrogens with zero attached hydrogens (tertiary/aromatic N) is 2. The van der Waals surface area contributed by atoms with Crippen LogP contribution in [0.3, 0.4) is 0 Å². The molecule has 0 aromatic heterocycles. The Kier molecular flexibility index (Phi) is 4.13. The van der Waals surface area contributed by atoms with Gasteiger partial charge in [-0.1, -0.05) is 6.42 Å². The van der Waals surface area contributed by atoms with Crippen LogP contribution >= 0.6 is 15.2 Å². The van der Waals surface area contributed by atoms with E-state index in [4.69, 9.17) is 19.6 Å². The summed E-state index contributed by atoms with van der Waals surface area (Å²) in [5.41, 5.74) is 0. The molecule has 0 aromatic carbocycles. The summed E-state index contributed by atoms with van der Waals surface area (Å²) in [6.45, 7) is -0.0208. The highest BCUT2D eigenvalue weighted by molar-refractivity contribution is 7.72. The van der Waals surface area contributed by atoms with Crippen LogP contribution in [0, 0.1) is 4.91 Å². The zero-order valence-corrected chi connectivity index (χ0v) is 10.8. The lowest BCUT2D eigenvalue weighted by Gasteiger charge is -2.26. The van der Waals surface area contributed by atoms with Gasteiger partial charge in [0.15, 0.2) is 0 Å². The van der Waals surface area contributed by atoms with Gasteiger partial charge in [0.1, 0.15) is 0 Å². The molecule has 0 aromatic rings. The van der Waals surface area contributed by atoms with Gasteiger partial charge in [-0.05, 0) is 12.8 Å². The van der Waals surface area contributed by atoms with E-state index in [0.29, 0.717) is 24.3 Å². The predicted octanol–water partition coefficient (Wildman–Crippen LogP) is -0.518. The first kappa shape index (κ1) is 14.8. The molecule has 0 amide bonds. The van der Waals surface area contributed by atoms with Crippen molar-refractivity contribution in [1.82, 2.24) is 5.01 Å². The molecule has 0 atom stereocenters. The van der Waals surface area contributed by atoms with Crippen molar-refractivity contribution in [3.63, 3.8) is 0 Å². The summed E-state index contributed by atoms with van der Waals surface area (Å²) in [5, 5.41) is 0.761. The largest absolute Gasteiger partial charge is 0.664 e. The normalized spacial score (nSPS) is 22.0. The second kappa shape index (κ2) is 4.76. The topological polar surface area (TPSA) is 158 Å². The quantitative estimate of drug-likeness (QED) is 0.389. The van der Waals surface area contributed by atoms with E-state index >= 15 is 0 Å². The van der Waals surface area contributed by atoms with Gasteiger partial charge in [0.25, 0.3) is 0 Å². The van der Waals surface area contributed by atoms with Crippen molar-refractivity contribution in [2.75, 3.05) is 6.54 Å². The molecule has 0 spiro atoms. The van der Waals surface area contributed by atoms with Crippen molar-refractivity contribution >= 4 is 15.2 Å². The standard InChI is InChI=1S/C6H14N2O7P2/c9-7-8-5-3-1-2-4-6(8,16(10,11)12)17(13,14)15/h1-5H2,(H2,10,11,12)(H2,13,14,15)/p+4. The van der Waals surface area contributed by atoms with Crippen molar-refractivity contribution in [2.45, 2.75) is 30.7 Å². The second-order valence-electron chi connectivity index (χ2n) is 4.01. The Morgan fingerprint density at radius 1 is 1.00 bits per heavy atom. The lowest BCUT2D eigenvalue weighted by molar-refractivity contribution is 0.160. The molecule has 11 heteroatoms. The van der Waals surface area contributed by atoms with Gasteiger partial charge in [0.2, 0.25) is 0 Å². The SMILES string of the molecule is O=NN1CCCCCC1(P(=O)([OH2+])[OH2+])P(=O)([OH2+])[OH2+]. The second-order valence-corrected chi connectivity index (χ2v) is 8.28. The molecule has 1 aliphatic rings. The Balaban J connectivity index is 3.42. The summed E-state index contributed by atoms with van der Waals surface area (Å²) < 4.78 is 23.5. The molecule has 8 N–H and O–H groups in total. The van der Waals surface area contributed by atoms with E-state index in [1.165, 1.54) is 0 Å². The van der Waals surface area contributed by atoms with E-state index in [9.17, 15) is 14.0 Å². The van der Waals surface area contributed by atoms with E-state index in [-0.39, 0.29) is 13.0 Å². The highest BCUT2D eigenvalue weighted by Crippen LogP contribution is 2.72. The zero-order chi connectivity index (χ0) is 13.3. The predicted molar refractivity (Wildman–Crippen MR) is 63.4 cm³/mol. The first-order valence-corrected chi connectivity index (χ1v) is 8.40. The van der Waals surface area contributed by atoms with Crippen LogP contribution < -0.4 is 0 Å². The summed E-state index contributed by atoms with van der Waals surface area (Å²) >= 11 is 0. The van der Waals surface area contributed by atoms with Crippen molar-refractivity contribution in [3.8, 4) is 0 Å². The highest BCUT2D eigenvalue weighted by Gasteiger charge is 2.82. The molecule has 1 saturated heterocycles. The van der Waals surface area contributed by atoms with Gasteiger partial charge in [0.05, 0.1) is 5.29 Å². The Labute approximate surface area is 97.1 Å². The van der Waals surface area contributed by atoms with Crippen LogP contribution in [0.25, 0.3) is 0 Å². The Morgan fingerprint density at radius 3 is 1.94 bits per heavy atom. The monoisotopic (exact) mass is 292 g/mol. The molecular weight excluding hydrogens is 274 g/mol. The maximum absolute atomic E-state index is 11.7. The molecule has 0 bridgehead atoms. The molecule has 0 aliphatic carbocycles. The zero-order valence-electron chi connectivity index (χ0n) is 9.05. The average molecular weight is 292 g/mol. The van der Waals surface area contributed by atoms with Gasteiger partial charge in [0, 0.05) is 13.0 Å². The van der Waals surface area contributed by atoms with Crippen molar-refractivity contribution < 1.29 is 28.7 Å². The van der Waals surface area contributed by atoms with Crippen LogP contribution in [0.5, 0.6) is 0 Å². The molecule has 0 saturated carbocycles. The van der Waals surface area contributed by atoms with Crippen LogP contribution in [-0.4, -0.2) is 36.1 Å². The van der Waals surface area contributed by atoms with Gasteiger partial charge in [-0.15, -0.1) is 4.91 Å². The molecule has 0 radical (unpaired) electrons. The van der Waals surface area contributed by atoms with E-state index < -0.39 is 20.2 Å². The van der Waals surface area contributed by atoms with Crippen LogP contribution in [-0.2, 0) is 9.13 Å². The summed E-state index contributed by atoms with van der Waals surface area (Å²) in [6, 6.07) is 0. The van der Waals surface area contributed by atoms with Crippen molar-refractivity contribution in [3.05, 3.63) is 4.91 Å². The number of nitroso groups, excluding NO2 is 1. The fourth-order valence-corrected chi connectivity index (χ4v) is 5.51. The lowest BCUT2D eigenvalue weighted by atomic mass is 10.2. The van der Waals surface area contributed by atoms with Crippen LogP contribution in [0.15, 0.2) is 5.29 Å². The summed E-state index contributed by atoms with van der Waals surface area (Å²) in [5.74, 6) is 0. The first-order chi connectivity index (χ1) is 7.67. The van der Waals surface area contributed by atoms with Crippen molar-refractivity contribution in [2.24, 2.45) is 5.29 Å². The Morgan fingerprint density at radius 2 is 1.53 bits per heavy atom. The highest BCUT2D eigenvalue weighted by atomic mass is 31.2. The fraction of sp³-hybridized carbons (Fsp3) is 1.00. The van der Waals surface area contributed by atoms with Gasteiger partial charge in [-0.25, -0.2) is 5.01 Å². The molecule has 0 unspecified atom stereocenters. The maximum atomic E-state index is 11.7. The summed E-state index contributed by atoms with van der Waals surface area (Å²) in [6.07, 6.45) is 1.30. The smallest absolute Gasteiger partial charge is 0.349 e.